The molecule has 3 aromatic rings. The number of anilines is 1. The van der Waals surface area contributed by atoms with Crippen molar-refractivity contribution in [2.45, 2.75) is 51.7 Å². The summed E-state index contributed by atoms with van der Waals surface area (Å²) in [4.78, 5) is 28.4. The number of aryl methyl sites for hydroxylation is 1. The monoisotopic (exact) mass is 550 g/mol. The Morgan fingerprint density at radius 1 is 1.13 bits per heavy atom. The van der Waals surface area contributed by atoms with Gasteiger partial charge in [-0.05, 0) is 43.7 Å². The van der Waals surface area contributed by atoms with E-state index >= 15 is 0 Å². The molecule has 0 bridgehead atoms. The number of fused-ring (bicyclic) bond motifs is 1. The lowest BCUT2D eigenvalue weighted by Gasteiger charge is -2.25. The summed E-state index contributed by atoms with van der Waals surface area (Å²) in [6.45, 7) is 10.8. The minimum Gasteiger partial charge on any atom is -0.497 e. The van der Waals surface area contributed by atoms with Crippen LogP contribution in [0.3, 0.4) is 0 Å². The Balaban J connectivity index is 2.03. The molecule has 39 heavy (non-hydrogen) atoms. The Morgan fingerprint density at radius 2 is 1.85 bits per heavy atom. The summed E-state index contributed by atoms with van der Waals surface area (Å²) in [5.74, 6) is 1.85. The van der Waals surface area contributed by atoms with Gasteiger partial charge in [-0.25, -0.2) is 4.68 Å². The average molecular weight is 551 g/mol. The van der Waals surface area contributed by atoms with Crippen LogP contribution in [0.4, 0.5) is 5.82 Å². The Kier molecular flexibility index (Phi) is 8.59. The van der Waals surface area contributed by atoms with Crippen molar-refractivity contribution in [2.75, 3.05) is 38.0 Å². The number of benzene rings is 2. The molecular weight excluding hydrogens is 512 g/mol. The molecule has 1 N–H and O–H groups in total. The molecule has 0 saturated heterocycles. The van der Waals surface area contributed by atoms with E-state index in [0.29, 0.717) is 23.9 Å². The van der Waals surface area contributed by atoms with Crippen LogP contribution in [-0.2, 0) is 15.0 Å². The van der Waals surface area contributed by atoms with Crippen molar-refractivity contribution in [3.05, 3.63) is 64.8 Å². The molecule has 0 radical (unpaired) electrons. The van der Waals surface area contributed by atoms with Gasteiger partial charge in [0.25, 0.3) is 0 Å². The number of aromatic nitrogens is 2. The number of methoxy groups -OCH3 is 2. The van der Waals surface area contributed by atoms with E-state index in [2.05, 4.69) is 26.1 Å². The quantitative estimate of drug-likeness (QED) is 0.416. The SMILES string of the molecule is CCCNC(=O)CN1C(=O)CS[C@@H](c2cc(OC)ccc2OC)c2c(C(C)(C)C)nn(-c3ccc(C)cc3)c21. The number of amides is 2. The molecule has 0 saturated carbocycles. The highest BCUT2D eigenvalue weighted by molar-refractivity contribution is 8.00. The van der Waals surface area contributed by atoms with Gasteiger partial charge >= 0.3 is 0 Å². The van der Waals surface area contributed by atoms with Crippen molar-refractivity contribution in [1.29, 1.82) is 0 Å². The van der Waals surface area contributed by atoms with E-state index < -0.39 is 0 Å². The molecule has 2 heterocycles. The summed E-state index contributed by atoms with van der Waals surface area (Å²) in [6.07, 6.45) is 0.813. The van der Waals surface area contributed by atoms with Gasteiger partial charge in [0, 0.05) is 23.1 Å². The molecule has 8 nitrogen and oxygen atoms in total. The van der Waals surface area contributed by atoms with Crippen molar-refractivity contribution in [2.24, 2.45) is 0 Å². The maximum atomic E-state index is 13.8. The number of hydrogen-bond acceptors (Lipinski definition) is 6. The third-order valence-corrected chi connectivity index (χ3v) is 7.91. The minimum absolute atomic E-state index is 0.0878. The van der Waals surface area contributed by atoms with Crippen LogP contribution in [0.15, 0.2) is 42.5 Å². The smallest absolute Gasteiger partial charge is 0.240 e. The minimum atomic E-state index is -0.353. The van der Waals surface area contributed by atoms with Crippen LogP contribution in [0.2, 0.25) is 0 Å². The van der Waals surface area contributed by atoms with Gasteiger partial charge in [-0.3, -0.25) is 14.5 Å². The van der Waals surface area contributed by atoms with Gasteiger partial charge in [-0.1, -0.05) is 45.4 Å². The number of nitrogens with zero attached hydrogens (tertiary/aromatic N) is 3. The van der Waals surface area contributed by atoms with Crippen molar-refractivity contribution in [1.82, 2.24) is 15.1 Å². The van der Waals surface area contributed by atoms with Crippen LogP contribution < -0.4 is 19.7 Å². The van der Waals surface area contributed by atoms with E-state index in [4.69, 9.17) is 14.6 Å². The molecule has 1 aromatic heterocycles. The lowest BCUT2D eigenvalue weighted by Crippen LogP contribution is -2.42. The lowest BCUT2D eigenvalue weighted by molar-refractivity contribution is -0.122. The standard InChI is InChI=1S/C30H38N4O4S/c1-8-15-31-24(35)17-33-25(36)18-39-27(22-16-21(37-6)13-14-23(22)38-7)26-28(30(3,4)5)32-34(29(26)33)20-11-9-19(2)10-12-20/h9-14,16,27H,8,15,17-18H2,1-7H3,(H,31,35)/t27-/m0/s1. The first kappa shape index (κ1) is 28.5. The molecule has 2 amide bonds. The zero-order valence-electron chi connectivity index (χ0n) is 23.8. The normalized spacial score (nSPS) is 15.5. The predicted molar refractivity (Wildman–Crippen MR) is 157 cm³/mol. The van der Waals surface area contributed by atoms with Gasteiger partial charge < -0.3 is 14.8 Å². The fraction of sp³-hybridized carbons (Fsp3) is 0.433. The van der Waals surface area contributed by atoms with Crippen LogP contribution >= 0.6 is 11.8 Å². The second-order valence-electron chi connectivity index (χ2n) is 10.7. The Labute approximate surface area is 235 Å². The molecule has 1 aliphatic heterocycles. The van der Waals surface area contributed by atoms with Crippen LogP contribution in [-0.4, -0.2) is 54.7 Å². The summed E-state index contributed by atoms with van der Waals surface area (Å²) in [5, 5.41) is 7.78. The summed E-state index contributed by atoms with van der Waals surface area (Å²) in [6, 6.07) is 13.7. The topological polar surface area (TPSA) is 85.7 Å². The number of hydrogen-bond donors (Lipinski definition) is 1. The van der Waals surface area contributed by atoms with Gasteiger partial charge in [-0.2, -0.15) is 5.10 Å². The lowest BCUT2D eigenvalue weighted by atomic mass is 9.87. The molecule has 0 unspecified atom stereocenters. The fourth-order valence-corrected chi connectivity index (χ4v) is 5.91. The third kappa shape index (κ3) is 5.93. The zero-order valence-corrected chi connectivity index (χ0v) is 24.6. The Hall–Kier alpha value is -3.46. The summed E-state index contributed by atoms with van der Waals surface area (Å²) in [5.41, 5.74) is 4.23. The van der Waals surface area contributed by atoms with Gasteiger partial charge in [0.15, 0.2) is 0 Å². The summed E-state index contributed by atoms with van der Waals surface area (Å²) < 4.78 is 13.2. The molecule has 2 aromatic carbocycles. The molecule has 4 rings (SSSR count). The first-order valence-corrected chi connectivity index (χ1v) is 14.2. The number of nitrogens with one attached hydrogen (secondary N) is 1. The maximum absolute atomic E-state index is 13.8. The van der Waals surface area contributed by atoms with E-state index in [1.54, 1.807) is 19.1 Å². The molecule has 0 spiro atoms. The second kappa shape index (κ2) is 11.7. The van der Waals surface area contributed by atoms with E-state index in [0.717, 1.165) is 34.5 Å². The summed E-state index contributed by atoms with van der Waals surface area (Å²) >= 11 is 1.51. The van der Waals surface area contributed by atoms with Crippen molar-refractivity contribution in [3.8, 4) is 17.2 Å². The van der Waals surface area contributed by atoms with Gasteiger partial charge in [0.2, 0.25) is 11.8 Å². The van der Waals surface area contributed by atoms with E-state index in [1.807, 2.05) is 61.0 Å². The van der Waals surface area contributed by atoms with Crippen molar-refractivity contribution < 1.29 is 19.1 Å². The fourth-order valence-electron chi connectivity index (χ4n) is 4.69. The highest BCUT2D eigenvalue weighted by Crippen LogP contribution is 2.50. The van der Waals surface area contributed by atoms with E-state index in [9.17, 15) is 9.59 Å². The van der Waals surface area contributed by atoms with Gasteiger partial charge in [0.05, 0.1) is 36.6 Å². The molecule has 0 aliphatic carbocycles. The molecule has 208 valence electrons. The second-order valence-corrected chi connectivity index (χ2v) is 11.8. The highest BCUT2D eigenvalue weighted by atomic mass is 32.2. The van der Waals surface area contributed by atoms with Crippen molar-refractivity contribution in [3.63, 3.8) is 0 Å². The van der Waals surface area contributed by atoms with Gasteiger partial charge in [-0.15, -0.1) is 11.8 Å². The molecular formula is C30H38N4O4S. The zero-order chi connectivity index (χ0) is 28.3. The van der Waals surface area contributed by atoms with E-state index in [-0.39, 0.29) is 34.8 Å². The largest absolute Gasteiger partial charge is 0.497 e. The highest BCUT2D eigenvalue weighted by Gasteiger charge is 2.40. The predicted octanol–water partition coefficient (Wildman–Crippen LogP) is 5.19. The molecule has 1 atom stereocenters. The number of carbonyl (C=O) groups is 2. The van der Waals surface area contributed by atoms with Crippen LogP contribution in [0, 0.1) is 6.92 Å². The Morgan fingerprint density at radius 3 is 2.46 bits per heavy atom. The van der Waals surface area contributed by atoms with Gasteiger partial charge in [0.1, 0.15) is 23.9 Å². The first-order chi connectivity index (χ1) is 18.6. The first-order valence-electron chi connectivity index (χ1n) is 13.2. The van der Waals surface area contributed by atoms with E-state index in [1.165, 1.54) is 11.8 Å². The third-order valence-electron chi connectivity index (χ3n) is 6.67. The molecule has 0 fully saturated rings. The van der Waals surface area contributed by atoms with Crippen molar-refractivity contribution >= 4 is 29.4 Å². The maximum Gasteiger partial charge on any atom is 0.240 e. The average Bonchev–Trinajstić information content (AvgIpc) is 3.25. The van der Waals surface area contributed by atoms with Crippen LogP contribution in [0.1, 0.15) is 61.7 Å². The number of carbonyl (C=O) groups excluding carboxylic acids is 2. The number of rotatable bonds is 8. The van der Waals surface area contributed by atoms with Crippen LogP contribution in [0.25, 0.3) is 5.69 Å². The van der Waals surface area contributed by atoms with Crippen LogP contribution in [0.5, 0.6) is 11.5 Å². The number of ether oxygens (including phenoxy) is 2. The molecule has 9 heteroatoms. The summed E-state index contributed by atoms with van der Waals surface area (Å²) in [7, 11) is 3.27. The Bertz CT molecular complexity index is 1340. The molecule has 1 aliphatic rings. The number of thioether (sulfide) groups is 1.